The van der Waals surface area contributed by atoms with E-state index in [2.05, 4.69) is 38.2 Å². The number of urea groups is 1. The molecular formula is C24H30Cl2N2O. The molecule has 156 valence electrons. The zero-order valence-electron chi connectivity index (χ0n) is 17.4. The Hall–Kier alpha value is -1.71. The van der Waals surface area contributed by atoms with E-state index in [1.54, 1.807) is 18.2 Å². The molecule has 0 spiro atoms. The average molecular weight is 433 g/mol. The summed E-state index contributed by atoms with van der Waals surface area (Å²) in [5, 5.41) is 3.85. The lowest BCUT2D eigenvalue weighted by Crippen LogP contribution is -2.45. The zero-order valence-corrected chi connectivity index (χ0v) is 18.9. The first-order chi connectivity index (χ1) is 13.8. The summed E-state index contributed by atoms with van der Waals surface area (Å²) < 4.78 is 0. The summed E-state index contributed by atoms with van der Waals surface area (Å²) in [5.74, 6) is 0.693. The van der Waals surface area contributed by atoms with Crippen LogP contribution in [0.2, 0.25) is 10.0 Å². The SMILES string of the molecule is CC(C)(C)C1CCC(N(Cc2ccccc2)C(=O)Nc2c(Cl)cccc2Cl)CC1. The van der Waals surface area contributed by atoms with Crippen molar-refractivity contribution in [3.63, 3.8) is 0 Å². The van der Waals surface area contributed by atoms with Crippen LogP contribution in [0.15, 0.2) is 48.5 Å². The van der Waals surface area contributed by atoms with Crippen LogP contribution in [0.1, 0.15) is 52.0 Å². The number of nitrogens with zero attached hydrogens (tertiary/aromatic N) is 1. The number of anilines is 1. The Morgan fingerprint density at radius 3 is 2.10 bits per heavy atom. The van der Waals surface area contributed by atoms with Gasteiger partial charge in [-0.3, -0.25) is 0 Å². The molecule has 0 aliphatic heterocycles. The van der Waals surface area contributed by atoms with Crippen LogP contribution in [0.25, 0.3) is 0 Å². The first-order valence-corrected chi connectivity index (χ1v) is 11.1. The molecule has 1 saturated carbocycles. The van der Waals surface area contributed by atoms with Gasteiger partial charge in [0.05, 0.1) is 15.7 Å². The number of carbonyl (C=O) groups excluding carboxylic acids is 1. The molecule has 0 unspecified atom stereocenters. The second-order valence-electron chi connectivity index (χ2n) is 9.01. The maximum Gasteiger partial charge on any atom is 0.322 e. The molecule has 1 aliphatic rings. The Balaban J connectivity index is 1.79. The van der Waals surface area contributed by atoms with Gasteiger partial charge in [0.25, 0.3) is 0 Å². The molecule has 0 atom stereocenters. The minimum atomic E-state index is -0.150. The predicted molar refractivity (Wildman–Crippen MR) is 123 cm³/mol. The van der Waals surface area contributed by atoms with Gasteiger partial charge in [-0.15, -0.1) is 0 Å². The zero-order chi connectivity index (χ0) is 21.0. The van der Waals surface area contributed by atoms with Crippen LogP contribution in [-0.2, 0) is 6.54 Å². The van der Waals surface area contributed by atoms with E-state index in [0.29, 0.717) is 33.6 Å². The highest BCUT2D eigenvalue weighted by Gasteiger charge is 2.34. The number of hydrogen-bond acceptors (Lipinski definition) is 1. The van der Waals surface area contributed by atoms with Gasteiger partial charge in [-0.2, -0.15) is 0 Å². The second kappa shape index (κ2) is 9.40. The number of rotatable bonds is 4. The van der Waals surface area contributed by atoms with Crippen molar-refractivity contribution in [1.82, 2.24) is 4.90 Å². The maximum absolute atomic E-state index is 13.3. The summed E-state index contributed by atoms with van der Waals surface area (Å²) in [7, 11) is 0. The molecule has 0 radical (unpaired) electrons. The standard InChI is InChI=1S/C24H30Cl2N2O/c1-24(2,3)18-12-14-19(15-13-18)28(16-17-8-5-4-6-9-17)23(29)27-22-20(25)10-7-11-21(22)26/h4-11,18-19H,12-16H2,1-3H3,(H,27,29). The molecule has 3 rings (SSSR count). The molecule has 2 aromatic rings. The summed E-state index contributed by atoms with van der Waals surface area (Å²) in [6.07, 6.45) is 4.30. The van der Waals surface area contributed by atoms with Gasteiger partial charge < -0.3 is 10.2 Å². The van der Waals surface area contributed by atoms with Crippen molar-refractivity contribution >= 4 is 34.9 Å². The van der Waals surface area contributed by atoms with Crippen molar-refractivity contribution < 1.29 is 4.79 Å². The third-order valence-corrected chi connectivity index (χ3v) is 6.64. The fourth-order valence-corrected chi connectivity index (χ4v) is 4.69. The Kier molecular flexibility index (Phi) is 7.13. The summed E-state index contributed by atoms with van der Waals surface area (Å²) in [5.41, 5.74) is 1.90. The van der Waals surface area contributed by atoms with E-state index in [4.69, 9.17) is 23.2 Å². The summed E-state index contributed by atoms with van der Waals surface area (Å²) >= 11 is 12.6. The number of carbonyl (C=O) groups is 1. The van der Waals surface area contributed by atoms with E-state index in [0.717, 1.165) is 31.2 Å². The normalized spacial score (nSPS) is 19.6. The Morgan fingerprint density at radius 1 is 0.966 bits per heavy atom. The minimum Gasteiger partial charge on any atom is -0.317 e. The molecule has 0 saturated heterocycles. The smallest absolute Gasteiger partial charge is 0.317 e. The summed E-state index contributed by atoms with van der Waals surface area (Å²) in [6.45, 7) is 7.50. The molecule has 1 aliphatic carbocycles. The van der Waals surface area contributed by atoms with Gasteiger partial charge in [-0.05, 0) is 54.7 Å². The first kappa shape index (κ1) is 22.0. The van der Waals surface area contributed by atoms with Gasteiger partial charge in [0, 0.05) is 12.6 Å². The number of hydrogen-bond donors (Lipinski definition) is 1. The molecule has 1 fully saturated rings. The van der Waals surface area contributed by atoms with Gasteiger partial charge in [-0.1, -0.05) is 80.4 Å². The van der Waals surface area contributed by atoms with Crippen molar-refractivity contribution in [3.8, 4) is 0 Å². The monoisotopic (exact) mass is 432 g/mol. The second-order valence-corrected chi connectivity index (χ2v) is 9.83. The fraction of sp³-hybridized carbons (Fsp3) is 0.458. The Labute approximate surface area is 184 Å². The molecule has 1 N–H and O–H groups in total. The Bertz CT molecular complexity index is 804. The van der Waals surface area contributed by atoms with Crippen LogP contribution in [0.4, 0.5) is 10.5 Å². The number of amides is 2. The lowest BCUT2D eigenvalue weighted by Gasteiger charge is -2.41. The quantitative estimate of drug-likeness (QED) is 0.528. The summed E-state index contributed by atoms with van der Waals surface area (Å²) in [6, 6.07) is 15.4. The number of benzene rings is 2. The van der Waals surface area contributed by atoms with E-state index in [9.17, 15) is 4.79 Å². The molecule has 0 aromatic heterocycles. The van der Waals surface area contributed by atoms with Crippen molar-refractivity contribution in [2.24, 2.45) is 11.3 Å². The van der Waals surface area contributed by atoms with Crippen LogP contribution < -0.4 is 5.32 Å². The van der Waals surface area contributed by atoms with E-state index < -0.39 is 0 Å². The van der Waals surface area contributed by atoms with E-state index in [1.807, 2.05) is 23.1 Å². The van der Waals surface area contributed by atoms with Crippen LogP contribution in [0, 0.1) is 11.3 Å². The molecule has 0 heterocycles. The van der Waals surface area contributed by atoms with Crippen molar-refractivity contribution in [1.29, 1.82) is 0 Å². The number of halogens is 2. The predicted octanol–water partition coefficient (Wildman–Crippen LogP) is 7.63. The molecule has 3 nitrogen and oxygen atoms in total. The van der Waals surface area contributed by atoms with Crippen molar-refractivity contribution in [2.45, 2.75) is 59.0 Å². The summed E-state index contributed by atoms with van der Waals surface area (Å²) in [4.78, 5) is 15.2. The molecule has 0 bridgehead atoms. The molecule has 29 heavy (non-hydrogen) atoms. The molecule has 2 amide bonds. The minimum absolute atomic E-state index is 0.150. The molecule has 2 aromatic carbocycles. The topological polar surface area (TPSA) is 32.3 Å². The number of nitrogens with one attached hydrogen (secondary N) is 1. The van der Waals surface area contributed by atoms with Gasteiger partial charge in [0.15, 0.2) is 0 Å². The van der Waals surface area contributed by atoms with Crippen molar-refractivity contribution in [3.05, 3.63) is 64.1 Å². The van der Waals surface area contributed by atoms with Crippen LogP contribution in [0.5, 0.6) is 0 Å². The average Bonchev–Trinajstić information content (AvgIpc) is 2.69. The highest BCUT2D eigenvalue weighted by atomic mass is 35.5. The first-order valence-electron chi connectivity index (χ1n) is 10.3. The van der Waals surface area contributed by atoms with Crippen LogP contribution >= 0.6 is 23.2 Å². The van der Waals surface area contributed by atoms with Crippen LogP contribution in [-0.4, -0.2) is 17.0 Å². The van der Waals surface area contributed by atoms with Gasteiger partial charge in [0.2, 0.25) is 0 Å². The molecule has 5 heteroatoms. The molecular weight excluding hydrogens is 403 g/mol. The largest absolute Gasteiger partial charge is 0.322 e. The van der Waals surface area contributed by atoms with E-state index >= 15 is 0 Å². The highest BCUT2D eigenvalue weighted by molar-refractivity contribution is 6.39. The van der Waals surface area contributed by atoms with Crippen LogP contribution in [0.3, 0.4) is 0 Å². The third-order valence-electron chi connectivity index (χ3n) is 6.01. The fourth-order valence-electron chi connectivity index (χ4n) is 4.20. The van der Waals surface area contributed by atoms with E-state index in [1.165, 1.54) is 0 Å². The maximum atomic E-state index is 13.3. The van der Waals surface area contributed by atoms with Crippen molar-refractivity contribution in [2.75, 3.05) is 5.32 Å². The van der Waals surface area contributed by atoms with Gasteiger partial charge in [-0.25, -0.2) is 4.79 Å². The lowest BCUT2D eigenvalue weighted by molar-refractivity contribution is 0.110. The van der Waals surface area contributed by atoms with Gasteiger partial charge >= 0.3 is 6.03 Å². The van der Waals surface area contributed by atoms with E-state index in [-0.39, 0.29) is 12.1 Å². The van der Waals surface area contributed by atoms with Gasteiger partial charge in [0.1, 0.15) is 0 Å². The lowest BCUT2D eigenvalue weighted by atomic mass is 9.71. The third kappa shape index (κ3) is 5.67. The highest BCUT2D eigenvalue weighted by Crippen LogP contribution is 2.39. The Morgan fingerprint density at radius 2 is 1.55 bits per heavy atom. The number of para-hydroxylation sites is 1.